The fourth-order valence-corrected chi connectivity index (χ4v) is 6.54. The molecule has 0 saturated carbocycles. The van der Waals surface area contributed by atoms with Crippen LogP contribution in [0, 0.1) is 0 Å². The van der Waals surface area contributed by atoms with E-state index in [1.165, 1.54) is 167 Å². The molecule has 1 N–H and O–H groups in total. The van der Waals surface area contributed by atoms with Crippen LogP contribution in [-0.4, -0.2) is 82.5 Å². The second-order valence-electron chi connectivity index (χ2n) is 15.6. The van der Waals surface area contributed by atoms with Gasteiger partial charge in [0.1, 0.15) is 19.2 Å². The average molecular weight is 789 g/mol. The summed E-state index contributed by atoms with van der Waals surface area (Å²) in [5.41, 5.74) is 0. The summed E-state index contributed by atoms with van der Waals surface area (Å²) >= 11 is 0. The first-order chi connectivity index (χ1) is 24.6. The smallest absolute Gasteiger partial charge is 0.130 e. The minimum atomic E-state index is 0. The number of likely N-dealkylation sites (N-methyl/N-ethyl adjacent to an activating group) is 1. The molecule has 51 heavy (non-hydrogen) atoms. The van der Waals surface area contributed by atoms with Crippen LogP contribution in [0.1, 0.15) is 194 Å². The zero-order valence-corrected chi connectivity index (χ0v) is 36.4. The standard InChI is InChI=1S/C45H90NO4.BrH/c1-5-7-9-11-13-15-17-19-21-23-25-27-29-31-33-35-39-49-44-45(43-46(3,4)37-41-48-42-38-47)50-40-36-34-32-30-28-26-24-22-20-18-16-14-12-10-8-6-2;/h19-22,45,47H,5-18,23-44H2,1-4H3;1H/q+1;/p-1/b21-19-,22-20-;. The quantitative estimate of drug-likeness (QED) is 0.0381. The van der Waals surface area contributed by atoms with Gasteiger partial charge < -0.3 is 40.8 Å². The summed E-state index contributed by atoms with van der Waals surface area (Å²) in [5.74, 6) is 0. The summed E-state index contributed by atoms with van der Waals surface area (Å²) in [4.78, 5) is 0. The SMILES string of the molecule is CCCCCCCC/C=C\CCCCCCCCOCC(C[N+](C)(C)CCOCCO)OCCCCCCCC/C=C\CCCCCCCC.[Br-]. The first kappa shape index (κ1) is 52.9. The molecular weight excluding hydrogens is 698 g/mol. The van der Waals surface area contributed by atoms with Crippen molar-refractivity contribution in [2.45, 2.75) is 200 Å². The van der Waals surface area contributed by atoms with Crippen molar-refractivity contribution in [3.63, 3.8) is 0 Å². The summed E-state index contributed by atoms with van der Waals surface area (Å²) in [6, 6.07) is 0. The first-order valence-corrected chi connectivity index (χ1v) is 22.1. The van der Waals surface area contributed by atoms with Gasteiger partial charge in [0.15, 0.2) is 0 Å². The van der Waals surface area contributed by atoms with E-state index in [1.54, 1.807) is 0 Å². The molecule has 0 amide bonds. The van der Waals surface area contributed by atoms with Crippen molar-refractivity contribution in [1.82, 2.24) is 0 Å². The van der Waals surface area contributed by atoms with Crippen LogP contribution in [-0.2, 0) is 14.2 Å². The molecule has 0 bridgehead atoms. The summed E-state index contributed by atoms with van der Waals surface area (Å²) in [7, 11) is 4.49. The number of unbranched alkanes of at least 4 members (excludes halogenated alkanes) is 24. The van der Waals surface area contributed by atoms with Crippen LogP contribution >= 0.6 is 0 Å². The highest BCUT2D eigenvalue weighted by Crippen LogP contribution is 2.13. The first-order valence-electron chi connectivity index (χ1n) is 22.1. The fraction of sp³-hybridized carbons (Fsp3) is 0.911. The second kappa shape index (κ2) is 44.2. The largest absolute Gasteiger partial charge is 1.00 e. The lowest BCUT2D eigenvalue weighted by atomic mass is 10.1. The Morgan fingerprint density at radius 1 is 0.471 bits per heavy atom. The van der Waals surface area contributed by atoms with Crippen molar-refractivity contribution in [3.05, 3.63) is 24.3 Å². The van der Waals surface area contributed by atoms with E-state index < -0.39 is 0 Å². The van der Waals surface area contributed by atoms with Gasteiger partial charge in [0, 0.05) is 13.2 Å². The maximum Gasteiger partial charge on any atom is 0.130 e. The third-order valence-corrected chi connectivity index (χ3v) is 9.89. The van der Waals surface area contributed by atoms with Gasteiger partial charge >= 0.3 is 0 Å². The van der Waals surface area contributed by atoms with E-state index in [-0.39, 0.29) is 29.7 Å². The molecule has 0 radical (unpaired) electrons. The van der Waals surface area contributed by atoms with Crippen LogP contribution in [0.4, 0.5) is 0 Å². The van der Waals surface area contributed by atoms with E-state index >= 15 is 0 Å². The summed E-state index contributed by atoms with van der Waals surface area (Å²) < 4.78 is 19.0. The van der Waals surface area contributed by atoms with Crippen molar-refractivity contribution in [2.24, 2.45) is 0 Å². The van der Waals surface area contributed by atoms with Gasteiger partial charge in [0.05, 0.1) is 40.5 Å². The molecule has 0 fully saturated rings. The highest BCUT2D eigenvalue weighted by Gasteiger charge is 2.23. The average Bonchev–Trinajstić information content (AvgIpc) is 3.10. The third kappa shape index (κ3) is 44.1. The highest BCUT2D eigenvalue weighted by atomic mass is 79.9. The van der Waals surface area contributed by atoms with Crippen LogP contribution in [0.5, 0.6) is 0 Å². The van der Waals surface area contributed by atoms with E-state index in [9.17, 15) is 0 Å². The zero-order valence-electron chi connectivity index (χ0n) is 34.8. The number of hydrogen-bond acceptors (Lipinski definition) is 4. The van der Waals surface area contributed by atoms with E-state index in [1.807, 2.05) is 0 Å². The molecule has 0 heterocycles. The van der Waals surface area contributed by atoms with Crippen LogP contribution in [0.25, 0.3) is 0 Å². The Balaban J connectivity index is 0. The Hall–Kier alpha value is -0.240. The van der Waals surface area contributed by atoms with Gasteiger partial charge in [-0.1, -0.05) is 154 Å². The van der Waals surface area contributed by atoms with Gasteiger partial charge in [-0.15, -0.1) is 0 Å². The molecule has 0 spiro atoms. The maximum atomic E-state index is 9.02. The van der Waals surface area contributed by atoms with Crippen LogP contribution in [0.2, 0.25) is 0 Å². The van der Waals surface area contributed by atoms with Gasteiger partial charge in [0.2, 0.25) is 0 Å². The van der Waals surface area contributed by atoms with Crippen LogP contribution in [0.3, 0.4) is 0 Å². The van der Waals surface area contributed by atoms with Crippen molar-refractivity contribution >= 4 is 0 Å². The summed E-state index contributed by atoms with van der Waals surface area (Å²) in [6.45, 7) is 9.89. The summed E-state index contributed by atoms with van der Waals surface area (Å²) in [6.07, 6.45) is 47.0. The number of allylic oxidation sites excluding steroid dienone is 4. The number of aliphatic hydroxyl groups is 1. The molecule has 0 saturated heterocycles. The van der Waals surface area contributed by atoms with Crippen LogP contribution < -0.4 is 17.0 Å². The number of rotatable bonds is 42. The lowest BCUT2D eigenvalue weighted by Gasteiger charge is -2.33. The normalized spacial score (nSPS) is 12.7. The predicted molar refractivity (Wildman–Crippen MR) is 219 cm³/mol. The molecule has 6 heteroatoms. The monoisotopic (exact) mass is 788 g/mol. The fourth-order valence-electron chi connectivity index (χ4n) is 6.54. The molecule has 1 atom stereocenters. The number of aliphatic hydroxyl groups excluding tert-OH is 1. The summed E-state index contributed by atoms with van der Waals surface area (Å²) in [5, 5.41) is 9.02. The molecular formula is C45H90BrNO4. The number of halogens is 1. The Morgan fingerprint density at radius 3 is 1.29 bits per heavy atom. The van der Waals surface area contributed by atoms with Crippen molar-refractivity contribution in [2.75, 3.05) is 66.8 Å². The Labute approximate surface area is 330 Å². The molecule has 306 valence electrons. The number of quaternary nitrogens is 1. The molecule has 0 aliphatic rings. The Kier molecular flexibility index (Phi) is 45.8. The van der Waals surface area contributed by atoms with Crippen LogP contribution in [0.15, 0.2) is 24.3 Å². The topological polar surface area (TPSA) is 47.9 Å². The van der Waals surface area contributed by atoms with E-state index in [0.29, 0.717) is 19.8 Å². The zero-order chi connectivity index (χ0) is 36.5. The van der Waals surface area contributed by atoms with Crippen molar-refractivity contribution in [1.29, 1.82) is 0 Å². The molecule has 0 aromatic rings. The lowest BCUT2D eigenvalue weighted by molar-refractivity contribution is -0.894. The minimum absolute atomic E-state index is 0. The van der Waals surface area contributed by atoms with Crippen molar-refractivity contribution < 1.29 is 40.8 Å². The molecule has 0 aliphatic carbocycles. The van der Waals surface area contributed by atoms with E-state index in [0.717, 1.165) is 43.6 Å². The van der Waals surface area contributed by atoms with E-state index in [4.69, 9.17) is 19.3 Å². The minimum Gasteiger partial charge on any atom is -1.00 e. The molecule has 0 rings (SSSR count). The maximum absolute atomic E-state index is 9.02. The van der Waals surface area contributed by atoms with Gasteiger partial charge in [0.25, 0.3) is 0 Å². The Morgan fingerprint density at radius 2 is 0.863 bits per heavy atom. The second-order valence-corrected chi connectivity index (χ2v) is 15.6. The predicted octanol–water partition coefficient (Wildman–Crippen LogP) is 9.55. The molecule has 1 unspecified atom stereocenters. The molecule has 0 aromatic heterocycles. The van der Waals surface area contributed by atoms with Gasteiger partial charge in [-0.25, -0.2) is 0 Å². The molecule has 5 nitrogen and oxygen atoms in total. The van der Waals surface area contributed by atoms with E-state index in [2.05, 4.69) is 52.2 Å². The molecule has 0 aliphatic heterocycles. The Bertz CT molecular complexity index is 702. The number of ether oxygens (including phenoxy) is 3. The lowest BCUT2D eigenvalue weighted by Crippen LogP contribution is -3.00. The van der Waals surface area contributed by atoms with Gasteiger partial charge in [-0.3, -0.25) is 0 Å². The van der Waals surface area contributed by atoms with Gasteiger partial charge in [-0.05, 0) is 64.2 Å². The number of nitrogens with zero attached hydrogens (tertiary/aromatic N) is 1. The van der Waals surface area contributed by atoms with Gasteiger partial charge in [-0.2, -0.15) is 0 Å². The van der Waals surface area contributed by atoms with Crippen molar-refractivity contribution in [3.8, 4) is 0 Å². The molecule has 0 aromatic carbocycles. The highest BCUT2D eigenvalue weighted by molar-refractivity contribution is 4.82. The number of hydrogen-bond donors (Lipinski definition) is 1. The third-order valence-electron chi connectivity index (χ3n) is 9.89.